The van der Waals surface area contributed by atoms with Gasteiger partial charge in [0.15, 0.2) is 5.16 Å². The van der Waals surface area contributed by atoms with Crippen LogP contribution in [0.4, 0.5) is 4.39 Å². The number of aromatic amines is 1. The maximum absolute atomic E-state index is 13.7. The Morgan fingerprint density at radius 1 is 1.35 bits per heavy atom. The van der Waals surface area contributed by atoms with Crippen molar-refractivity contribution in [2.24, 2.45) is 0 Å². The Morgan fingerprint density at radius 2 is 1.95 bits per heavy atom. The van der Waals surface area contributed by atoms with E-state index < -0.39 is 5.56 Å². The van der Waals surface area contributed by atoms with Gasteiger partial charge in [-0.15, -0.1) is 0 Å². The molecule has 0 radical (unpaired) electrons. The highest BCUT2D eigenvalue weighted by atomic mass is 32.2. The number of nitriles is 1. The van der Waals surface area contributed by atoms with Crippen LogP contribution in [0.3, 0.4) is 0 Å². The number of hydrogen-bond acceptors (Lipinski definition) is 4. The highest BCUT2D eigenvalue weighted by Gasteiger charge is 2.15. The number of halogens is 1. The number of H-pyrrole nitrogens is 1. The van der Waals surface area contributed by atoms with Crippen molar-refractivity contribution in [3.05, 3.63) is 45.0 Å². The van der Waals surface area contributed by atoms with E-state index in [4.69, 9.17) is 5.26 Å². The Kier molecular flexibility index (Phi) is 3.91. The minimum absolute atomic E-state index is 0.0618. The average Bonchev–Trinajstić information content (AvgIpc) is 2.43. The molecule has 1 N–H and O–H groups in total. The van der Waals surface area contributed by atoms with Crippen LogP contribution in [-0.2, 0) is 0 Å². The van der Waals surface area contributed by atoms with E-state index in [2.05, 4.69) is 9.97 Å². The number of nitrogens with one attached hydrogen (secondary N) is 1. The van der Waals surface area contributed by atoms with E-state index >= 15 is 0 Å². The van der Waals surface area contributed by atoms with Crippen LogP contribution >= 0.6 is 11.8 Å². The predicted molar refractivity (Wildman–Crippen MR) is 76.2 cm³/mol. The molecular formula is C14H12FN3OS. The molecule has 102 valence electrons. The topological polar surface area (TPSA) is 69.5 Å². The fourth-order valence-electron chi connectivity index (χ4n) is 1.94. The lowest BCUT2D eigenvalue weighted by atomic mass is 10.0. The van der Waals surface area contributed by atoms with Crippen LogP contribution in [0.5, 0.6) is 0 Å². The first-order valence-corrected chi connectivity index (χ1v) is 7.06. The first-order chi connectivity index (χ1) is 9.47. The third kappa shape index (κ3) is 2.45. The molecule has 6 heteroatoms. The largest absolute Gasteiger partial charge is 0.300 e. The molecule has 2 rings (SSSR count). The van der Waals surface area contributed by atoms with Gasteiger partial charge < -0.3 is 4.98 Å². The molecule has 4 nitrogen and oxygen atoms in total. The molecule has 1 aromatic carbocycles. The van der Waals surface area contributed by atoms with Crippen LogP contribution in [0.15, 0.2) is 22.1 Å². The number of rotatable bonds is 2. The van der Waals surface area contributed by atoms with Crippen LogP contribution in [0.25, 0.3) is 11.3 Å². The van der Waals surface area contributed by atoms with Gasteiger partial charge in [0.1, 0.15) is 17.4 Å². The summed E-state index contributed by atoms with van der Waals surface area (Å²) in [6.45, 7) is 3.28. The van der Waals surface area contributed by atoms with E-state index in [-0.39, 0.29) is 17.1 Å². The number of aryl methyl sites for hydroxylation is 2. The van der Waals surface area contributed by atoms with Gasteiger partial charge in [-0.1, -0.05) is 11.8 Å². The molecule has 0 atom stereocenters. The van der Waals surface area contributed by atoms with Gasteiger partial charge >= 0.3 is 0 Å². The monoisotopic (exact) mass is 289 g/mol. The lowest BCUT2D eigenvalue weighted by Gasteiger charge is -2.08. The van der Waals surface area contributed by atoms with Crippen molar-refractivity contribution in [2.45, 2.75) is 19.0 Å². The Hall–Kier alpha value is -2.13. The van der Waals surface area contributed by atoms with Gasteiger partial charge in [-0.3, -0.25) is 4.79 Å². The quantitative estimate of drug-likeness (QED) is 0.681. The molecular weight excluding hydrogens is 277 g/mol. The van der Waals surface area contributed by atoms with E-state index in [9.17, 15) is 9.18 Å². The third-order valence-electron chi connectivity index (χ3n) is 2.91. The summed E-state index contributed by atoms with van der Waals surface area (Å²) in [5.41, 5.74) is 1.22. The number of benzene rings is 1. The average molecular weight is 289 g/mol. The predicted octanol–water partition coefficient (Wildman–Crippen LogP) is 2.79. The normalized spacial score (nSPS) is 10.3. The van der Waals surface area contributed by atoms with E-state index in [0.717, 1.165) is 0 Å². The molecule has 0 saturated carbocycles. The molecule has 1 heterocycles. The Labute approximate surface area is 119 Å². The molecule has 0 unspecified atom stereocenters. The zero-order valence-corrected chi connectivity index (χ0v) is 12.1. The SMILES string of the molecule is CSc1nc(-c2cc(C)c(F)c(C)c2)c(C#N)c(=O)[nH]1. The lowest BCUT2D eigenvalue weighted by molar-refractivity contribution is 0.609. The summed E-state index contributed by atoms with van der Waals surface area (Å²) in [5.74, 6) is -0.290. The number of hydrogen-bond donors (Lipinski definition) is 1. The molecule has 0 aliphatic rings. The summed E-state index contributed by atoms with van der Waals surface area (Å²) < 4.78 is 13.7. The van der Waals surface area contributed by atoms with E-state index in [1.165, 1.54) is 11.8 Å². The van der Waals surface area contributed by atoms with Gasteiger partial charge in [0.2, 0.25) is 0 Å². The standard InChI is InChI=1S/C14H12FN3OS/c1-7-4-9(5-8(2)11(7)15)12-10(6-16)13(19)18-14(17-12)20-3/h4-5H,1-3H3,(H,17,18,19). The maximum atomic E-state index is 13.7. The Morgan fingerprint density at radius 3 is 2.45 bits per heavy atom. The highest BCUT2D eigenvalue weighted by molar-refractivity contribution is 7.98. The van der Waals surface area contributed by atoms with Crippen molar-refractivity contribution in [1.82, 2.24) is 9.97 Å². The van der Waals surface area contributed by atoms with Crippen molar-refractivity contribution in [1.29, 1.82) is 5.26 Å². The van der Waals surface area contributed by atoms with Gasteiger partial charge in [-0.05, 0) is 43.4 Å². The molecule has 0 amide bonds. The van der Waals surface area contributed by atoms with Crippen LogP contribution < -0.4 is 5.56 Å². The Bertz CT molecular complexity index is 754. The summed E-state index contributed by atoms with van der Waals surface area (Å²) in [7, 11) is 0. The van der Waals surface area contributed by atoms with Crippen molar-refractivity contribution in [2.75, 3.05) is 6.26 Å². The van der Waals surface area contributed by atoms with Crippen LogP contribution in [0.2, 0.25) is 0 Å². The van der Waals surface area contributed by atoms with Gasteiger partial charge in [-0.25, -0.2) is 9.37 Å². The molecule has 20 heavy (non-hydrogen) atoms. The molecule has 0 bridgehead atoms. The summed E-state index contributed by atoms with van der Waals surface area (Å²) >= 11 is 1.27. The second-order valence-electron chi connectivity index (χ2n) is 4.33. The fourth-order valence-corrected chi connectivity index (χ4v) is 2.32. The zero-order valence-electron chi connectivity index (χ0n) is 11.2. The second-order valence-corrected chi connectivity index (χ2v) is 5.13. The van der Waals surface area contributed by atoms with Crippen LogP contribution in [0, 0.1) is 31.0 Å². The highest BCUT2D eigenvalue weighted by Crippen LogP contribution is 2.25. The third-order valence-corrected chi connectivity index (χ3v) is 3.49. The summed E-state index contributed by atoms with van der Waals surface area (Å²) in [5, 5.41) is 9.55. The van der Waals surface area contributed by atoms with Gasteiger partial charge in [0.25, 0.3) is 5.56 Å². The summed E-state index contributed by atoms with van der Waals surface area (Å²) in [6.07, 6.45) is 1.77. The van der Waals surface area contributed by atoms with Gasteiger partial charge in [-0.2, -0.15) is 5.26 Å². The smallest absolute Gasteiger partial charge is 0.270 e. The fraction of sp³-hybridized carbons (Fsp3) is 0.214. The molecule has 0 saturated heterocycles. The lowest BCUT2D eigenvalue weighted by Crippen LogP contribution is -2.14. The van der Waals surface area contributed by atoms with Crippen molar-refractivity contribution in [3.8, 4) is 17.3 Å². The van der Waals surface area contributed by atoms with Gasteiger partial charge in [0.05, 0.1) is 5.69 Å². The second kappa shape index (κ2) is 5.47. The molecule has 0 spiro atoms. The van der Waals surface area contributed by atoms with Gasteiger partial charge in [0, 0.05) is 5.56 Å². The minimum Gasteiger partial charge on any atom is -0.300 e. The summed E-state index contributed by atoms with van der Waals surface area (Å²) in [6, 6.07) is 5.04. The van der Waals surface area contributed by atoms with E-state index in [1.54, 1.807) is 32.2 Å². The van der Waals surface area contributed by atoms with E-state index in [1.807, 2.05) is 6.07 Å². The van der Waals surface area contributed by atoms with Crippen LogP contribution in [0.1, 0.15) is 16.7 Å². The Balaban J connectivity index is 2.78. The van der Waals surface area contributed by atoms with Crippen molar-refractivity contribution in [3.63, 3.8) is 0 Å². The maximum Gasteiger partial charge on any atom is 0.270 e. The molecule has 0 aliphatic heterocycles. The molecule has 0 fully saturated rings. The molecule has 0 aliphatic carbocycles. The van der Waals surface area contributed by atoms with Crippen molar-refractivity contribution >= 4 is 11.8 Å². The van der Waals surface area contributed by atoms with Crippen molar-refractivity contribution < 1.29 is 4.39 Å². The zero-order chi connectivity index (χ0) is 14.9. The van der Waals surface area contributed by atoms with Crippen LogP contribution in [-0.4, -0.2) is 16.2 Å². The number of aromatic nitrogens is 2. The minimum atomic E-state index is -0.485. The van der Waals surface area contributed by atoms with E-state index in [0.29, 0.717) is 21.8 Å². The first-order valence-electron chi connectivity index (χ1n) is 5.83. The number of nitrogens with zero attached hydrogens (tertiary/aromatic N) is 2. The number of thioether (sulfide) groups is 1. The molecule has 1 aromatic heterocycles. The molecule has 2 aromatic rings. The first kappa shape index (κ1) is 14.3. The summed E-state index contributed by atoms with van der Waals surface area (Å²) in [4.78, 5) is 18.6.